The molecule has 0 bridgehead atoms. The summed E-state index contributed by atoms with van der Waals surface area (Å²) in [5.74, 6) is -0.0947. The number of nitrogens with one attached hydrogen (secondary N) is 2. The highest BCUT2D eigenvalue weighted by atomic mass is 16.3. The van der Waals surface area contributed by atoms with Crippen LogP contribution in [-0.2, 0) is 4.79 Å². The first-order valence-corrected chi connectivity index (χ1v) is 4.87. The molecule has 0 saturated heterocycles. The predicted molar refractivity (Wildman–Crippen MR) is 60.9 cm³/mol. The van der Waals surface area contributed by atoms with Gasteiger partial charge < -0.3 is 15.7 Å². The number of aliphatic hydroxyl groups is 1. The average molecular weight is 208 g/mol. The summed E-state index contributed by atoms with van der Waals surface area (Å²) in [7, 11) is 0. The first kappa shape index (κ1) is 11.5. The van der Waals surface area contributed by atoms with Crippen LogP contribution in [0.5, 0.6) is 0 Å². The van der Waals surface area contributed by atoms with E-state index in [0.29, 0.717) is 6.54 Å². The third-order valence-electron chi connectivity index (χ3n) is 1.78. The van der Waals surface area contributed by atoms with Gasteiger partial charge >= 0.3 is 0 Å². The molecule has 0 aliphatic rings. The maximum Gasteiger partial charge on any atom is 0.221 e. The lowest BCUT2D eigenvalue weighted by atomic mass is 10.2. The lowest BCUT2D eigenvalue weighted by Crippen LogP contribution is -2.15. The van der Waals surface area contributed by atoms with E-state index >= 15 is 0 Å². The quantitative estimate of drug-likeness (QED) is 0.701. The van der Waals surface area contributed by atoms with Gasteiger partial charge in [-0.25, -0.2) is 0 Å². The summed E-state index contributed by atoms with van der Waals surface area (Å²) in [6.45, 7) is 3.67. The van der Waals surface area contributed by atoms with Crippen LogP contribution in [0.3, 0.4) is 0 Å². The second-order valence-electron chi connectivity index (χ2n) is 3.49. The maximum atomic E-state index is 10.8. The molecular formula is C11H16N2O2. The van der Waals surface area contributed by atoms with E-state index in [2.05, 4.69) is 10.6 Å². The van der Waals surface area contributed by atoms with E-state index < -0.39 is 6.10 Å². The summed E-state index contributed by atoms with van der Waals surface area (Å²) >= 11 is 0. The van der Waals surface area contributed by atoms with Crippen LogP contribution < -0.4 is 10.6 Å². The van der Waals surface area contributed by atoms with Crippen molar-refractivity contribution < 1.29 is 9.90 Å². The number of amides is 1. The Balaban J connectivity index is 2.61. The number of benzene rings is 1. The lowest BCUT2D eigenvalue weighted by Gasteiger charge is -2.09. The number of hydrogen-bond donors (Lipinski definition) is 3. The van der Waals surface area contributed by atoms with E-state index in [4.69, 9.17) is 5.11 Å². The van der Waals surface area contributed by atoms with Gasteiger partial charge in [-0.2, -0.15) is 0 Å². The van der Waals surface area contributed by atoms with Crippen molar-refractivity contribution >= 4 is 17.3 Å². The molecule has 1 amide bonds. The smallest absolute Gasteiger partial charge is 0.221 e. The minimum absolute atomic E-state index is 0.0947. The number of hydrogen-bond acceptors (Lipinski definition) is 3. The zero-order chi connectivity index (χ0) is 11.3. The van der Waals surface area contributed by atoms with Gasteiger partial charge in [0.1, 0.15) is 0 Å². The van der Waals surface area contributed by atoms with E-state index in [0.717, 1.165) is 11.4 Å². The fraction of sp³-hybridized carbons (Fsp3) is 0.364. The van der Waals surface area contributed by atoms with Crippen LogP contribution in [0.2, 0.25) is 0 Å². The topological polar surface area (TPSA) is 61.4 Å². The van der Waals surface area contributed by atoms with Crippen LogP contribution in [0, 0.1) is 0 Å². The molecule has 0 radical (unpaired) electrons. The Morgan fingerprint density at radius 1 is 1.47 bits per heavy atom. The van der Waals surface area contributed by atoms with Gasteiger partial charge in [0.05, 0.1) is 6.10 Å². The second kappa shape index (κ2) is 5.36. The third kappa shape index (κ3) is 4.46. The van der Waals surface area contributed by atoms with Crippen LogP contribution in [0.15, 0.2) is 24.3 Å². The molecule has 1 rings (SSSR count). The number of rotatable bonds is 4. The molecule has 0 unspecified atom stereocenters. The Morgan fingerprint density at radius 2 is 2.13 bits per heavy atom. The molecule has 0 spiro atoms. The van der Waals surface area contributed by atoms with Crippen molar-refractivity contribution in [2.75, 3.05) is 17.2 Å². The maximum absolute atomic E-state index is 10.8. The Hall–Kier alpha value is -1.55. The molecule has 4 heteroatoms. The summed E-state index contributed by atoms with van der Waals surface area (Å²) in [5, 5.41) is 14.8. The number of carbonyl (C=O) groups is 1. The number of aliphatic hydroxyl groups excluding tert-OH is 1. The van der Waals surface area contributed by atoms with Gasteiger partial charge in [-0.1, -0.05) is 6.07 Å². The normalized spacial score (nSPS) is 11.9. The van der Waals surface area contributed by atoms with Crippen molar-refractivity contribution in [1.29, 1.82) is 0 Å². The van der Waals surface area contributed by atoms with Crippen LogP contribution in [0.25, 0.3) is 0 Å². The molecule has 0 aromatic heterocycles. The zero-order valence-corrected chi connectivity index (χ0v) is 8.95. The van der Waals surface area contributed by atoms with E-state index in [-0.39, 0.29) is 5.91 Å². The standard InChI is InChI=1S/C11H16N2O2/c1-8(14)7-12-10-4-3-5-11(6-10)13-9(2)15/h3-6,8,12,14H,7H2,1-2H3,(H,13,15)/t8-/m1/s1. The van der Waals surface area contributed by atoms with Gasteiger partial charge in [-0.05, 0) is 25.1 Å². The molecule has 4 nitrogen and oxygen atoms in total. The zero-order valence-electron chi connectivity index (χ0n) is 8.95. The van der Waals surface area contributed by atoms with Crippen molar-refractivity contribution in [3.05, 3.63) is 24.3 Å². The second-order valence-corrected chi connectivity index (χ2v) is 3.49. The highest BCUT2D eigenvalue weighted by Gasteiger charge is 1.98. The van der Waals surface area contributed by atoms with Gasteiger partial charge in [-0.3, -0.25) is 4.79 Å². The average Bonchev–Trinajstić information content (AvgIpc) is 2.14. The van der Waals surface area contributed by atoms with E-state index in [9.17, 15) is 4.79 Å². The first-order chi connectivity index (χ1) is 7.08. The van der Waals surface area contributed by atoms with Crippen LogP contribution >= 0.6 is 0 Å². The fourth-order valence-corrected chi connectivity index (χ4v) is 1.18. The monoisotopic (exact) mass is 208 g/mol. The van der Waals surface area contributed by atoms with Gasteiger partial charge in [0.25, 0.3) is 0 Å². The minimum atomic E-state index is -0.394. The molecule has 0 aliphatic carbocycles. The van der Waals surface area contributed by atoms with Crippen LogP contribution in [0.1, 0.15) is 13.8 Å². The van der Waals surface area contributed by atoms with Gasteiger partial charge in [0.15, 0.2) is 0 Å². The van der Waals surface area contributed by atoms with E-state index in [1.165, 1.54) is 6.92 Å². The molecule has 0 saturated carbocycles. The van der Waals surface area contributed by atoms with E-state index in [1.807, 2.05) is 24.3 Å². The van der Waals surface area contributed by atoms with Gasteiger partial charge in [0, 0.05) is 24.8 Å². The fourth-order valence-electron chi connectivity index (χ4n) is 1.18. The molecule has 3 N–H and O–H groups in total. The minimum Gasteiger partial charge on any atom is -0.392 e. The molecule has 1 aromatic carbocycles. The summed E-state index contributed by atoms with van der Waals surface area (Å²) in [6.07, 6.45) is -0.394. The molecule has 1 aromatic rings. The lowest BCUT2D eigenvalue weighted by molar-refractivity contribution is -0.114. The summed E-state index contributed by atoms with van der Waals surface area (Å²) < 4.78 is 0. The van der Waals surface area contributed by atoms with Crippen molar-refractivity contribution in [3.63, 3.8) is 0 Å². The highest BCUT2D eigenvalue weighted by molar-refractivity contribution is 5.89. The Labute approximate surface area is 89.3 Å². The van der Waals surface area contributed by atoms with Gasteiger partial charge in [-0.15, -0.1) is 0 Å². The molecule has 0 heterocycles. The molecule has 0 aliphatic heterocycles. The molecule has 1 atom stereocenters. The molecule has 82 valence electrons. The summed E-state index contributed by atoms with van der Waals surface area (Å²) in [4.78, 5) is 10.8. The van der Waals surface area contributed by atoms with Crippen LogP contribution in [-0.4, -0.2) is 23.7 Å². The Morgan fingerprint density at radius 3 is 2.73 bits per heavy atom. The first-order valence-electron chi connectivity index (χ1n) is 4.87. The summed E-state index contributed by atoms with van der Waals surface area (Å²) in [6, 6.07) is 7.36. The predicted octanol–water partition coefficient (Wildman–Crippen LogP) is 1.44. The number of anilines is 2. The van der Waals surface area contributed by atoms with Gasteiger partial charge in [0.2, 0.25) is 5.91 Å². The molecule has 0 fully saturated rings. The largest absolute Gasteiger partial charge is 0.392 e. The summed E-state index contributed by atoms with van der Waals surface area (Å²) in [5.41, 5.74) is 1.63. The SMILES string of the molecule is CC(=O)Nc1cccc(NC[C@@H](C)O)c1. The molecule has 15 heavy (non-hydrogen) atoms. The Kier molecular flexibility index (Phi) is 4.12. The third-order valence-corrected chi connectivity index (χ3v) is 1.78. The number of carbonyl (C=O) groups excluding carboxylic acids is 1. The highest BCUT2D eigenvalue weighted by Crippen LogP contribution is 2.14. The van der Waals surface area contributed by atoms with Crippen molar-refractivity contribution in [2.24, 2.45) is 0 Å². The Bertz CT molecular complexity index is 337. The van der Waals surface area contributed by atoms with Crippen molar-refractivity contribution in [2.45, 2.75) is 20.0 Å². The van der Waals surface area contributed by atoms with E-state index in [1.54, 1.807) is 6.92 Å². The van der Waals surface area contributed by atoms with Crippen molar-refractivity contribution in [1.82, 2.24) is 0 Å². The molecular weight excluding hydrogens is 192 g/mol. The van der Waals surface area contributed by atoms with Crippen molar-refractivity contribution in [3.8, 4) is 0 Å². The van der Waals surface area contributed by atoms with Crippen LogP contribution in [0.4, 0.5) is 11.4 Å².